The van der Waals surface area contributed by atoms with E-state index in [1.165, 1.54) is 44.1 Å². The molecule has 18 heavy (non-hydrogen) atoms. The van der Waals surface area contributed by atoms with Gasteiger partial charge in [-0.2, -0.15) is 12.6 Å². The lowest BCUT2D eigenvalue weighted by molar-refractivity contribution is 0.309. The van der Waals surface area contributed by atoms with Crippen LogP contribution in [0.4, 0.5) is 0 Å². The summed E-state index contributed by atoms with van der Waals surface area (Å²) in [7, 11) is 2.08. The molecule has 0 unspecified atom stereocenters. The zero-order valence-electron chi connectivity index (χ0n) is 11.3. The summed E-state index contributed by atoms with van der Waals surface area (Å²) in [6.07, 6.45) is 8.04. The summed E-state index contributed by atoms with van der Waals surface area (Å²) in [6.45, 7) is 0. The minimum Gasteiger partial charge on any atom is -0.313 e. The van der Waals surface area contributed by atoms with Crippen molar-refractivity contribution >= 4 is 12.6 Å². The molecule has 0 amide bonds. The van der Waals surface area contributed by atoms with E-state index in [2.05, 4.69) is 42.7 Å². The first-order valence-electron chi connectivity index (χ1n) is 7.23. The molecule has 0 bridgehead atoms. The van der Waals surface area contributed by atoms with Gasteiger partial charge >= 0.3 is 0 Å². The van der Waals surface area contributed by atoms with E-state index in [9.17, 15) is 0 Å². The van der Waals surface area contributed by atoms with Crippen LogP contribution < -0.4 is 5.32 Å². The number of nitrogens with one attached hydrogen (secondary N) is 1. The second kappa shape index (κ2) is 7.20. The molecule has 0 heterocycles. The second-order valence-corrected chi connectivity index (χ2v) is 6.06. The Morgan fingerprint density at radius 3 is 2.39 bits per heavy atom. The highest BCUT2D eigenvalue weighted by atomic mass is 32.1. The van der Waals surface area contributed by atoms with Gasteiger partial charge in [0.05, 0.1) is 0 Å². The van der Waals surface area contributed by atoms with Crippen LogP contribution in [0.15, 0.2) is 30.3 Å². The molecule has 100 valence electrons. The average Bonchev–Trinajstić information content (AvgIpc) is 2.39. The van der Waals surface area contributed by atoms with Crippen molar-refractivity contribution in [2.45, 2.75) is 49.8 Å². The second-order valence-electron chi connectivity index (χ2n) is 5.40. The van der Waals surface area contributed by atoms with Gasteiger partial charge in [-0.25, -0.2) is 0 Å². The van der Waals surface area contributed by atoms with Crippen LogP contribution in [0, 0.1) is 5.92 Å². The maximum atomic E-state index is 4.88. The van der Waals surface area contributed by atoms with Crippen LogP contribution in [0.5, 0.6) is 0 Å². The summed E-state index contributed by atoms with van der Waals surface area (Å²) in [6, 6.07) is 11.3. The van der Waals surface area contributed by atoms with E-state index in [4.69, 9.17) is 12.6 Å². The van der Waals surface area contributed by atoms with Crippen molar-refractivity contribution in [3.63, 3.8) is 0 Å². The van der Waals surface area contributed by atoms with Crippen molar-refractivity contribution in [1.29, 1.82) is 0 Å². The third-order valence-corrected chi connectivity index (χ3v) is 4.82. The fraction of sp³-hybridized carbons (Fsp3) is 0.625. The smallest absolute Gasteiger partial charge is 0.0356 e. The number of benzene rings is 1. The third kappa shape index (κ3) is 3.52. The van der Waals surface area contributed by atoms with E-state index in [0.29, 0.717) is 17.2 Å². The van der Waals surface area contributed by atoms with Crippen LogP contribution in [0.25, 0.3) is 0 Å². The molecule has 2 heteroatoms. The van der Waals surface area contributed by atoms with Crippen LogP contribution in [-0.4, -0.2) is 12.3 Å². The molecule has 0 radical (unpaired) electrons. The fourth-order valence-electron chi connectivity index (χ4n) is 3.17. The topological polar surface area (TPSA) is 12.0 Å². The van der Waals surface area contributed by atoms with Crippen molar-refractivity contribution in [2.24, 2.45) is 5.92 Å². The highest BCUT2D eigenvalue weighted by Crippen LogP contribution is 2.35. The van der Waals surface area contributed by atoms with E-state index in [0.717, 1.165) is 0 Å². The molecule has 1 fully saturated rings. The lowest BCUT2D eigenvalue weighted by Crippen LogP contribution is -2.32. The summed E-state index contributed by atoms with van der Waals surface area (Å²) in [5, 5.41) is 4.05. The van der Waals surface area contributed by atoms with E-state index in [-0.39, 0.29) is 0 Å². The van der Waals surface area contributed by atoms with Crippen molar-refractivity contribution < 1.29 is 0 Å². The molecular weight excluding hydrogens is 238 g/mol. The van der Waals surface area contributed by atoms with E-state index < -0.39 is 0 Å². The molecule has 1 nitrogen and oxygen atoms in total. The van der Waals surface area contributed by atoms with Gasteiger partial charge in [-0.05, 0) is 31.4 Å². The van der Waals surface area contributed by atoms with Gasteiger partial charge < -0.3 is 5.32 Å². The largest absolute Gasteiger partial charge is 0.313 e. The Hall–Kier alpha value is -0.470. The van der Waals surface area contributed by atoms with Gasteiger partial charge in [0.25, 0.3) is 0 Å². The van der Waals surface area contributed by atoms with Gasteiger partial charge in [0, 0.05) is 11.3 Å². The van der Waals surface area contributed by atoms with Gasteiger partial charge in [-0.1, -0.05) is 56.0 Å². The highest BCUT2D eigenvalue weighted by molar-refractivity contribution is 7.81. The number of rotatable bonds is 3. The number of thiol groups is 1. The molecular formula is C16H25NS. The van der Waals surface area contributed by atoms with E-state index in [1.807, 2.05) is 0 Å². The Kier molecular flexibility index (Phi) is 5.58. The quantitative estimate of drug-likeness (QED) is 0.778. The fourth-order valence-corrected chi connectivity index (χ4v) is 3.67. The minimum atomic E-state index is 0.451. The molecule has 1 saturated carbocycles. The van der Waals surface area contributed by atoms with E-state index >= 15 is 0 Å². The van der Waals surface area contributed by atoms with Crippen molar-refractivity contribution in [3.8, 4) is 0 Å². The first-order valence-corrected chi connectivity index (χ1v) is 7.75. The Balaban J connectivity index is 2.14. The molecule has 1 N–H and O–H groups in total. The summed E-state index contributed by atoms with van der Waals surface area (Å²) in [5.74, 6) is 0.654. The van der Waals surface area contributed by atoms with Gasteiger partial charge in [0.15, 0.2) is 0 Å². The Morgan fingerprint density at radius 2 is 1.72 bits per heavy atom. The molecule has 0 spiro atoms. The summed E-state index contributed by atoms with van der Waals surface area (Å²) < 4.78 is 0. The molecule has 0 aromatic heterocycles. The van der Waals surface area contributed by atoms with Gasteiger partial charge in [0.1, 0.15) is 0 Å². The zero-order valence-corrected chi connectivity index (χ0v) is 12.2. The van der Waals surface area contributed by atoms with Crippen LogP contribution in [0.2, 0.25) is 0 Å². The molecule has 1 aromatic carbocycles. The molecule has 2 rings (SSSR count). The molecule has 3 atom stereocenters. The maximum Gasteiger partial charge on any atom is 0.0356 e. The van der Waals surface area contributed by atoms with Crippen LogP contribution in [0.1, 0.15) is 50.1 Å². The molecule has 1 aromatic rings. The van der Waals surface area contributed by atoms with Crippen molar-refractivity contribution in [1.82, 2.24) is 5.32 Å². The third-order valence-electron chi connectivity index (χ3n) is 4.18. The lowest BCUT2D eigenvalue weighted by atomic mass is 9.82. The zero-order chi connectivity index (χ0) is 12.8. The minimum absolute atomic E-state index is 0.451. The standard InChI is InChI=1S/C16H25NS/c1-17-16(13-9-5-4-6-10-13)14-11-7-2-3-8-12-15(14)18/h4-6,9-10,14-18H,2-3,7-8,11-12H2,1H3/t14-,15+,16-/m1/s1. The Morgan fingerprint density at radius 1 is 1.06 bits per heavy atom. The van der Waals surface area contributed by atoms with Gasteiger partial charge in [-0.3, -0.25) is 0 Å². The molecule has 1 aliphatic carbocycles. The summed E-state index contributed by atoms with van der Waals surface area (Å²) in [4.78, 5) is 0. The van der Waals surface area contributed by atoms with Crippen molar-refractivity contribution in [2.75, 3.05) is 7.05 Å². The lowest BCUT2D eigenvalue weighted by Gasteiger charge is -2.33. The molecule has 0 aliphatic heterocycles. The van der Waals surface area contributed by atoms with Crippen LogP contribution in [0.3, 0.4) is 0 Å². The Bertz CT molecular complexity index is 338. The van der Waals surface area contributed by atoms with Crippen LogP contribution in [-0.2, 0) is 0 Å². The highest BCUT2D eigenvalue weighted by Gasteiger charge is 2.27. The first kappa shape index (κ1) is 14.0. The van der Waals surface area contributed by atoms with Gasteiger partial charge in [0.2, 0.25) is 0 Å². The summed E-state index contributed by atoms with van der Waals surface area (Å²) >= 11 is 4.88. The Labute approximate surface area is 117 Å². The van der Waals surface area contributed by atoms with Crippen LogP contribution >= 0.6 is 12.6 Å². The van der Waals surface area contributed by atoms with E-state index in [1.54, 1.807) is 0 Å². The normalized spacial score (nSPS) is 27.2. The number of hydrogen-bond acceptors (Lipinski definition) is 2. The predicted octanol–water partition coefficient (Wildman–Crippen LogP) is 4.22. The predicted molar refractivity (Wildman–Crippen MR) is 82.2 cm³/mol. The van der Waals surface area contributed by atoms with Gasteiger partial charge in [-0.15, -0.1) is 0 Å². The SMILES string of the molecule is CN[C@H](c1ccccc1)[C@@H]1CCCCCC[C@@H]1S. The van der Waals surface area contributed by atoms with Crippen molar-refractivity contribution in [3.05, 3.63) is 35.9 Å². The number of hydrogen-bond donors (Lipinski definition) is 2. The summed E-state index contributed by atoms with van der Waals surface area (Å²) in [5.41, 5.74) is 1.41. The average molecular weight is 263 g/mol. The molecule has 0 saturated heterocycles. The molecule has 1 aliphatic rings. The maximum absolute atomic E-state index is 4.88. The monoisotopic (exact) mass is 263 g/mol. The first-order chi connectivity index (χ1) is 8.83.